The van der Waals surface area contributed by atoms with Crippen molar-refractivity contribution < 1.29 is 4.42 Å². The van der Waals surface area contributed by atoms with Gasteiger partial charge in [-0.15, -0.1) is 11.3 Å². The maximum Gasteiger partial charge on any atom is 0.227 e. The molecule has 12 aromatic rings. The lowest BCUT2D eigenvalue weighted by Crippen LogP contribution is -2.16. The highest BCUT2D eigenvalue weighted by molar-refractivity contribution is 7.26. The molecule has 0 saturated carbocycles. The fourth-order valence-electron chi connectivity index (χ4n) is 9.94. The summed E-state index contributed by atoms with van der Waals surface area (Å²) in [5.41, 5.74) is 14.8. The third-order valence-corrected chi connectivity index (χ3v) is 13.7. The van der Waals surface area contributed by atoms with Crippen molar-refractivity contribution in [2.45, 2.75) is 19.3 Å². The molecule has 57 heavy (non-hydrogen) atoms. The normalized spacial score (nSPS) is 13.6. The molecule has 0 aliphatic heterocycles. The summed E-state index contributed by atoms with van der Waals surface area (Å²) in [6, 6.07) is 59.7. The molecule has 0 unspecified atom stereocenters. The molecule has 0 fully saturated rings. The molecule has 4 aromatic heterocycles. The third-order valence-electron chi connectivity index (χ3n) is 12.5. The molecule has 0 spiro atoms. The standard InChI is InChI=1S/C52H33N3OS/c1-52(2)40-19-9-6-15-33(40)34-25-23-32(28-41(34)52)54(45-21-12-18-37-36-17-8-11-22-46(36)57-50(37)45)31-24-26-44-39(27-31)47-48-38(35-16-7-10-20-43(35)55(44)48)29-42-49(47)56-51(53-42)30-13-4-3-5-14-30/h3-29H,1-2H3. The number of nitrogens with zero attached hydrogens (tertiary/aromatic N) is 3. The minimum absolute atomic E-state index is 0.135. The van der Waals surface area contributed by atoms with Gasteiger partial charge in [0.2, 0.25) is 5.89 Å². The summed E-state index contributed by atoms with van der Waals surface area (Å²) in [7, 11) is 0. The zero-order valence-corrected chi connectivity index (χ0v) is 32.1. The van der Waals surface area contributed by atoms with Crippen LogP contribution in [0.3, 0.4) is 0 Å². The van der Waals surface area contributed by atoms with Crippen LogP contribution in [0, 0.1) is 0 Å². The van der Waals surface area contributed by atoms with E-state index in [-0.39, 0.29) is 5.41 Å². The fourth-order valence-corrected chi connectivity index (χ4v) is 11.1. The second-order valence-electron chi connectivity index (χ2n) is 15.9. The van der Waals surface area contributed by atoms with Gasteiger partial charge in [0, 0.05) is 54.0 Å². The molecule has 4 heterocycles. The Balaban J connectivity index is 1.12. The van der Waals surface area contributed by atoms with Gasteiger partial charge in [-0.3, -0.25) is 0 Å². The Kier molecular flexibility index (Phi) is 6.09. The minimum Gasteiger partial charge on any atom is -0.435 e. The lowest BCUT2D eigenvalue weighted by Gasteiger charge is -2.28. The maximum absolute atomic E-state index is 6.80. The quantitative estimate of drug-likeness (QED) is 0.180. The van der Waals surface area contributed by atoms with E-state index in [4.69, 9.17) is 9.40 Å². The lowest BCUT2D eigenvalue weighted by atomic mass is 9.82. The molecular formula is C52H33N3OS. The van der Waals surface area contributed by atoms with Crippen molar-refractivity contribution in [3.63, 3.8) is 0 Å². The molecule has 0 amide bonds. The molecule has 1 aliphatic rings. The van der Waals surface area contributed by atoms with Crippen molar-refractivity contribution in [2.75, 3.05) is 4.90 Å². The first-order chi connectivity index (χ1) is 28.0. The second kappa shape index (κ2) is 11.1. The monoisotopic (exact) mass is 747 g/mol. The summed E-state index contributed by atoms with van der Waals surface area (Å²) in [5, 5.41) is 7.20. The first-order valence-corrected chi connectivity index (χ1v) is 20.4. The van der Waals surface area contributed by atoms with Gasteiger partial charge in [0.05, 0.1) is 32.3 Å². The Morgan fingerprint density at radius 3 is 2.21 bits per heavy atom. The fraction of sp³-hybridized carbons (Fsp3) is 0.0577. The van der Waals surface area contributed by atoms with Crippen molar-refractivity contribution in [1.29, 1.82) is 0 Å². The molecule has 268 valence electrons. The molecule has 0 atom stereocenters. The third kappa shape index (κ3) is 4.13. The lowest BCUT2D eigenvalue weighted by molar-refractivity contribution is 0.623. The molecule has 0 saturated heterocycles. The summed E-state index contributed by atoms with van der Waals surface area (Å²) in [5.74, 6) is 0.634. The van der Waals surface area contributed by atoms with Crippen LogP contribution in [-0.4, -0.2) is 9.38 Å². The highest BCUT2D eigenvalue weighted by Crippen LogP contribution is 2.53. The first kappa shape index (κ1) is 31.3. The van der Waals surface area contributed by atoms with E-state index in [2.05, 4.69) is 169 Å². The molecule has 4 nitrogen and oxygen atoms in total. The van der Waals surface area contributed by atoms with Gasteiger partial charge >= 0.3 is 0 Å². The van der Waals surface area contributed by atoms with E-state index in [1.165, 1.54) is 69.9 Å². The molecule has 0 N–H and O–H groups in total. The van der Waals surface area contributed by atoms with E-state index < -0.39 is 0 Å². The number of para-hydroxylation sites is 1. The van der Waals surface area contributed by atoms with Gasteiger partial charge in [0.1, 0.15) is 5.52 Å². The summed E-state index contributed by atoms with van der Waals surface area (Å²) in [6.45, 7) is 4.72. The Morgan fingerprint density at radius 1 is 0.579 bits per heavy atom. The molecular weight excluding hydrogens is 715 g/mol. The maximum atomic E-state index is 6.80. The summed E-state index contributed by atoms with van der Waals surface area (Å²) in [4.78, 5) is 7.59. The Bertz CT molecular complexity index is 3630. The van der Waals surface area contributed by atoms with Crippen LogP contribution in [0.1, 0.15) is 25.0 Å². The van der Waals surface area contributed by atoms with Crippen molar-refractivity contribution in [3.05, 3.63) is 175 Å². The molecule has 1 aliphatic carbocycles. The van der Waals surface area contributed by atoms with Crippen molar-refractivity contribution in [1.82, 2.24) is 9.38 Å². The summed E-state index contributed by atoms with van der Waals surface area (Å²) in [6.07, 6.45) is 0. The highest BCUT2D eigenvalue weighted by atomic mass is 32.1. The predicted octanol–water partition coefficient (Wildman–Crippen LogP) is 14.8. The summed E-state index contributed by atoms with van der Waals surface area (Å²) < 4.78 is 11.8. The van der Waals surface area contributed by atoms with E-state index in [1.54, 1.807) is 0 Å². The summed E-state index contributed by atoms with van der Waals surface area (Å²) >= 11 is 1.87. The average molecular weight is 748 g/mol. The van der Waals surface area contributed by atoms with Gasteiger partial charge in [-0.2, -0.15) is 0 Å². The first-order valence-electron chi connectivity index (χ1n) is 19.5. The van der Waals surface area contributed by atoms with E-state index in [9.17, 15) is 0 Å². The zero-order valence-electron chi connectivity index (χ0n) is 31.2. The van der Waals surface area contributed by atoms with E-state index in [0.29, 0.717) is 5.89 Å². The average Bonchev–Trinajstić information content (AvgIpc) is 4.05. The van der Waals surface area contributed by atoms with Crippen LogP contribution in [0.5, 0.6) is 0 Å². The van der Waals surface area contributed by atoms with E-state index in [0.717, 1.165) is 44.3 Å². The van der Waals surface area contributed by atoms with Gasteiger partial charge in [0.15, 0.2) is 5.58 Å². The second-order valence-corrected chi connectivity index (χ2v) is 17.0. The van der Waals surface area contributed by atoms with Crippen LogP contribution in [0.4, 0.5) is 17.1 Å². The number of hydrogen-bond donors (Lipinski definition) is 0. The van der Waals surface area contributed by atoms with Crippen LogP contribution in [0.15, 0.2) is 168 Å². The van der Waals surface area contributed by atoms with Gasteiger partial charge in [-0.1, -0.05) is 111 Å². The smallest absolute Gasteiger partial charge is 0.227 e. The van der Waals surface area contributed by atoms with Gasteiger partial charge in [0.25, 0.3) is 0 Å². The molecule has 13 rings (SSSR count). The van der Waals surface area contributed by atoms with Crippen LogP contribution < -0.4 is 4.90 Å². The van der Waals surface area contributed by atoms with Crippen LogP contribution in [-0.2, 0) is 5.41 Å². The van der Waals surface area contributed by atoms with Crippen molar-refractivity contribution >= 4 is 97.8 Å². The number of aromatic nitrogens is 2. The van der Waals surface area contributed by atoms with Gasteiger partial charge in [-0.25, -0.2) is 4.98 Å². The Labute approximate surface area is 331 Å². The molecule has 0 radical (unpaired) electrons. The van der Waals surface area contributed by atoms with E-state index >= 15 is 0 Å². The number of hydrogen-bond acceptors (Lipinski definition) is 4. The number of thiophene rings is 1. The number of oxazole rings is 1. The highest BCUT2D eigenvalue weighted by Gasteiger charge is 2.36. The van der Waals surface area contributed by atoms with Crippen LogP contribution in [0.25, 0.3) is 91.9 Å². The zero-order chi connectivity index (χ0) is 37.6. The molecule has 5 heteroatoms. The van der Waals surface area contributed by atoms with Crippen molar-refractivity contribution in [3.8, 4) is 22.6 Å². The SMILES string of the molecule is CC1(C)c2ccccc2-c2ccc(N(c3ccc4c(c3)c3c5oc(-c6ccccc6)nc5cc5c6ccccc6n4c53)c3cccc4c3sc3ccccc34)cc21. The predicted molar refractivity (Wildman–Crippen MR) is 239 cm³/mol. The topological polar surface area (TPSA) is 33.7 Å². The Morgan fingerprint density at radius 2 is 1.30 bits per heavy atom. The number of anilines is 3. The van der Waals surface area contributed by atoms with Gasteiger partial charge < -0.3 is 13.7 Å². The molecule has 0 bridgehead atoms. The number of benzene rings is 8. The van der Waals surface area contributed by atoms with E-state index in [1.807, 2.05) is 29.5 Å². The molecule has 8 aromatic carbocycles. The number of fused-ring (bicyclic) bond motifs is 14. The van der Waals surface area contributed by atoms with Crippen LogP contribution >= 0.6 is 11.3 Å². The minimum atomic E-state index is -0.135. The van der Waals surface area contributed by atoms with Crippen molar-refractivity contribution in [2.24, 2.45) is 0 Å². The Hall–Kier alpha value is -6.95. The van der Waals surface area contributed by atoms with Crippen LogP contribution in [0.2, 0.25) is 0 Å². The van der Waals surface area contributed by atoms with Gasteiger partial charge in [-0.05, 0) is 89.0 Å². The number of rotatable bonds is 4. The largest absolute Gasteiger partial charge is 0.435 e.